The lowest BCUT2D eigenvalue weighted by atomic mass is 9.97. The number of sulfonamides is 1. The highest BCUT2D eigenvalue weighted by Gasteiger charge is 2.32. The maximum absolute atomic E-state index is 12.6. The number of hydrogen-bond donors (Lipinski definition) is 2. The van der Waals surface area contributed by atoms with E-state index in [1.807, 2.05) is 0 Å². The Balaban J connectivity index is 1.62. The average Bonchev–Trinajstić information content (AvgIpc) is 2.64. The van der Waals surface area contributed by atoms with E-state index in [0.29, 0.717) is 37.3 Å². The van der Waals surface area contributed by atoms with Crippen molar-refractivity contribution in [3.05, 3.63) is 48.8 Å². The Bertz CT molecular complexity index is 847. The normalized spacial score (nSPS) is 16.5. The fourth-order valence-electron chi connectivity index (χ4n) is 2.85. The molecule has 1 aromatic heterocycles. The Morgan fingerprint density at radius 3 is 2.52 bits per heavy atom. The molecule has 0 atom stereocenters. The summed E-state index contributed by atoms with van der Waals surface area (Å²) in [6.45, 7) is 0.610. The zero-order valence-electron chi connectivity index (χ0n) is 13.6. The molecular weight excluding hydrogens is 340 g/mol. The Morgan fingerprint density at radius 1 is 1.16 bits per heavy atom. The number of para-hydroxylation sites is 2. The monoisotopic (exact) mass is 360 g/mol. The number of pyridine rings is 1. The molecule has 2 aromatic rings. The molecule has 0 spiro atoms. The number of nitrogens with zero attached hydrogens (tertiary/aromatic N) is 2. The quantitative estimate of drug-likeness (QED) is 0.808. The molecule has 1 aromatic carbocycles. The predicted octanol–water partition coefficient (Wildman–Crippen LogP) is 1.70. The lowest BCUT2D eigenvalue weighted by molar-refractivity contribution is -0.120. The number of anilines is 2. The van der Waals surface area contributed by atoms with E-state index < -0.39 is 10.0 Å². The van der Waals surface area contributed by atoms with Gasteiger partial charge in [-0.1, -0.05) is 12.1 Å². The molecule has 3 rings (SSSR count). The van der Waals surface area contributed by atoms with Crippen molar-refractivity contribution in [2.75, 3.05) is 24.1 Å². The van der Waals surface area contributed by atoms with Crippen LogP contribution < -0.4 is 11.1 Å². The second kappa shape index (κ2) is 7.20. The van der Waals surface area contributed by atoms with Gasteiger partial charge < -0.3 is 11.1 Å². The molecule has 0 unspecified atom stereocenters. The van der Waals surface area contributed by atoms with Gasteiger partial charge in [-0.25, -0.2) is 8.42 Å². The maximum Gasteiger partial charge on any atom is 0.244 e. The summed E-state index contributed by atoms with van der Waals surface area (Å²) >= 11 is 0. The summed E-state index contributed by atoms with van der Waals surface area (Å²) in [4.78, 5) is 16.4. The third-order valence-electron chi connectivity index (χ3n) is 4.32. The van der Waals surface area contributed by atoms with Crippen molar-refractivity contribution < 1.29 is 13.2 Å². The number of piperidine rings is 1. The number of rotatable bonds is 4. The summed E-state index contributed by atoms with van der Waals surface area (Å²) in [6.07, 6.45) is 3.81. The highest BCUT2D eigenvalue weighted by atomic mass is 32.2. The minimum atomic E-state index is -3.56. The van der Waals surface area contributed by atoms with E-state index >= 15 is 0 Å². The van der Waals surface area contributed by atoms with Gasteiger partial charge in [-0.2, -0.15) is 4.31 Å². The molecule has 1 saturated heterocycles. The third kappa shape index (κ3) is 3.80. The van der Waals surface area contributed by atoms with Crippen molar-refractivity contribution in [3.63, 3.8) is 0 Å². The summed E-state index contributed by atoms with van der Waals surface area (Å²) in [5, 5.41) is 2.82. The van der Waals surface area contributed by atoms with Crippen molar-refractivity contribution in [1.29, 1.82) is 0 Å². The smallest absolute Gasteiger partial charge is 0.244 e. The van der Waals surface area contributed by atoms with Gasteiger partial charge in [0.15, 0.2) is 0 Å². The van der Waals surface area contributed by atoms with Crippen LogP contribution in [0.15, 0.2) is 53.7 Å². The van der Waals surface area contributed by atoms with Crippen LogP contribution in [0.2, 0.25) is 0 Å². The molecule has 0 radical (unpaired) electrons. The van der Waals surface area contributed by atoms with Crippen LogP contribution in [0.4, 0.5) is 11.4 Å². The van der Waals surface area contributed by atoms with Crippen LogP contribution in [0.3, 0.4) is 0 Å². The van der Waals surface area contributed by atoms with Crippen LogP contribution in [0.5, 0.6) is 0 Å². The van der Waals surface area contributed by atoms with Crippen molar-refractivity contribution in [1.82, 2.24) is 9.29 Å². The average molecular weight is 360 g/mol. The zero-order chi connectivity index (χ0) is 17.9. The van der Waals surface area contributed by atoms with Crippen LogP contribution in [-0.4, -0.2) is 36.7 Å². The second-order valence-electron chi connectivity index (χ2n) is 5.94. The number of nitrogens with two attached hydrogens (primary N) is 1. The zero-order valence-corrected chi connectivity index (χ0v) is 14.4. The van der Waals surface area contributed by atoms with Gasteiger partial charge in [0.2, 0.25) is 15.9 Å². The number of carbonyl (C=O) groups is 1. The standard InChI is InChI=1S/C17H20N4O3S/c18-15-5-1-2-6-16(15)20-17(22)13-7-10-21(11-8-13)25(23,24)14-4-3-9-19-12-14/h1-6,9,12-13H,7-8,10-11,18H2,(H,20,22). The largest absolute Gasteiger partial charge is 0.397 e. The Kier molecular flexibility index (Phi) is 5.00. The molecule has 0 saturated carbocycles. The lowest BCUT2D eigenvalue weighted by Crippen LogP contribution is -2.41. The molecule has 7 nitrogen and oxygen atoms in total. The highest BCUT2D eigenvalue weighted by molar-refractivity contribution is 7.89. The van der Waals surface area contributed by atoms with E-state index in [9.17, 15) is 13.2 Å². The molecular formula is C17H20N4O3S. The van der Waals surface area contributed by atoms with E-state index in [-0.39, 0.29) is 16.7 Å². The number of nitrogen functional groups attached to an aromatic ring is 1. The fraction of sp³-hybridized carbons (Fsp3) is 0.294. The molecule has 132 valence electrons. The molecule has 1 fully saturated rings. The van der Waals surface area contributed by atoms with Crippen molar-refractivity contribution in [2.24, 2.45) is 5.92 Å². The van der Waals surface area contributed by atoms with Crippen molar-refractivity contribution in [2.45, 2.75) is 17.7 Å². The molecule has 1 aliphatic heterocycles. The van der Waals surface area contributed by atoms with E-state index in [1.54, 1.807) is 30.3 Å². The number of benzene rings is 1. The van der Waals surface area contributed by atoms with Gasteiger partial charge in [-0.3, -0.25) is 9.78 Å². The lowest BCUT2D eigenvalue weighted by Gasteiger charge is -2.30. The van der Waals surface area contributed by atoms with Gasteiger partial charge in [-0.15, -0.1) is 0 Å². The molecule has 0 bridgehead atoms. The number of aromatic nitrogens is 1. The molecule has 25 heavy (non-hydrogen) atoms. The van der Waals surface area contributed by atoms with Crippen LogP contribution in [0, 0.1) is 5.92 Å². The first-order chi connectivity index (χ1) is 12.0. The Hall–Kier alpha value is -2.45. The molecule has 8 heteroatoms. The molecule has 0 aliphatic carbocycles. The summed E-state index contributed by atoms with van der Waals surface area (Å²) in [5.41, 5.74) is 6.92. The SMILES string of the molecule is Nc1ccccc1NC(=O)C1CCN(S(=O)(=O)c2cccnc2)CC1. The van der Waals surface area contributed by atoms with E-state index in [1.165, 1.54) is 22.8 Å². The molecule has 1 amide bonds. The summed E-state index contributed by atoms with van der Waals surface area (Å²) < 4.78 is 26.5. The van der Waals surface area contributed by atoms with Crippen LogP contribution in [0.1, 0.15) is 12.8 Å². The van der Waals surface area contributed by atoms with Crippen LogP contribution >= 0.6 is 0 Å². The molecule has 3 N–H and O–H groups in total. The van der Waals surface area contributed by atoms with Gasteiger partial charge in [-0.05, 0) is 37.1 Å². The first-order valence-corrected chi connectivity index (χ1v) is 9.48. The predicted molar refractivity (Wildman–Crippen MR) is 95.2 cm³/mol. The van der Waals surface area contributed by atoms with Crippen LogP contribution in [0.25, 0.3) is 0 Å². The topological polar surface area (TPSA) is 105 Å². The van der Waals surface area contributed by atoms with E-state index in [2.05, 4.69) is 10.3 Å². The molecule has 2 heterocycles. The van der Waals surface area contributed by atoms with Crippen molar-refractivity contribution in [3.8, 4) is 0 Å². The fourth-order valence-corrected chi connectivity index (χ4v) is 4.29. The third-order valence-corrected chi connectivity index (χ3v) is 6.20. The van der Waals surface area contributed by atoms with Crippen molar-refractivity contribution >= 4 is 27.3 Å². The second-order valence-corrected chi connectivity index (χ2v) is 7.88. The number of nitrogens with one attached hydrogen (secondary N) is 1. The van der Waals surface area contributed by atoms with Crippen LogP contribution in [-0.2, 0) is 14.8 Å². The summed E-state index contributed by atoms with van der Waals surface area (Å²) in [5.74, 6) is -0.365. The van der Waals surface area contributed by atoms with Gasteiger partial charge in [0.05, 0.1) is 11.4 Å². The van der Waals surface area contributed by atoms with Gasteiger partial charge in [0, 0.05) is 31.4 Å². The summed E-state index contributed by atoms with van der Waals surface area (Å²) in [7, 11) is -3.56. The minimum Gasteiger partial charge on any atom is -0.397 e. The highest BCUT2D eigenvalue weighted by Crippen LogP contribution is 2.25. The number of amides is 1. The first-order valence-electron chi connectivity index (χ1n) is 8.04. The minimum absolute atomic E-state index is 0.128. The van der Waals surface area contributed by atoms with E-state index in [4.69, 9.17) is 5.73 Å². The maximum atomic E-state index is 12.6. The first kappa shape index (κ1) is 17.4. The Morgan fingerprint density at radius 2 is 1.88 bits per heavy atom. The van der Waals surface area contributed by atoms with Gasteiger partial charge >= 0.3 is 0 Å². The number of hydrogen-bond acceptors (Lipinski definition) is 5. The summed E-state index contributed by atoms with van der Waals surface area (Å²) in [6, 6.07) is 10.2. The van der Waals surface area contributed by atoms with Gasteiger partial charge in [0.1, 0.15) is 4.90 Å². The van der Waals surface area contributed by atoms with Gasteiger partial charge in [0.25, 0.3) is 0 Å². The van der Waals surface area contributed by atoms with E-state index in [0.717, 1.165) is 0 Å². The molecule has 1 aliphatic rings. The number of carbonyl (C=O) groups excluding carboxylic acids is 1. The Labute approximate surface area is 146 Å².